The third-order valence-electron chi connectivity index (χ3n) is 8.40. The lowest BCUT2D eigenvalue weighted by atomic mass is 9.98. The Kier molecular flexibility index (Phi) is 10.3. The van der Waals surface area contributed by atoms with Gasteiger partial charge in [-0.1, -0.05) is 60.7 Å². The molecule has 3 heterocycles. The molecule has 0 saturated carbocycles. The minimum absolute atomic E-state index is 0.00165. The zero-order valence-corrected chi connectivity index (χ0v) is 25.8. The van der Waals surface area contributed by atoms with Crippen LogP contribution in [0.4, 0.5) is 0 Å². The van der Waals surface area contributed by atoms with E-state index in [0.29, 0.717) is 32.1 Å². The Labute approximate surface area is 260 Å². The molecular weight excluding hydrogens is 546 g/mol. The second-order valence-corrected chi connectivity index (χ2v) is 11.7. The first-order chi connectivity index (χ1) is 21.4. The Morgan fingerprint density at radius 3 is 2.20 bits per heavy atom. The highest BCUT2D eigenvalue weighted by Crippen LogP contribution is 2.23. The normalized spacial score (nSPS) is 14.6. The summed E-state index contributed by atoms with van der Waals surface area (Å²) in [6.45, 7) is 3.60. The maximum atomic E-state index is 14.3. The number of likely N-dealkylation sites (tertiary alicyclic amines) is 1. The van der Waals surface area contributed by atoms with Crippen LogP contribution in [-0.2, 0) is 22.6 Å². The van der Waals surface area contributed by atoms with E-state index in [0.717, 1.165) is 46.4 Å². The molecule has 2 aromatic carbocycles. The van der Waals surface area contributed by atoms with Crippen LogP contribution in [0.15, 0.2) is 104 Å². The number of pyridine rings is 2. The molecular formula is C37H41N5O2. The summed E-state index contributed by atoms with van der Waals surface area (Å²) in [6, 6.07) is 25.8. The fourth-order valence-electron chi connectivity index (χ4n) is 5.71. The predicted octanol–water partition coefficient (Wildman–Crippen LogP) is 5.66. The Bertz CT molecular complexity index is 1530. The molecule has 44 heavy (non-hydrogen) atoms. The molecule has 2 aromatic heterocycles. The molecule has 0 spiro atoms. The largest absolute Gasteiger partial charge is 0.341 e. The fraction of sp³-hybridized carbons (Fsp3) is 0.297. The standard InChI is InChI=1S/C37H41N5O2/c1-28-9-10-30(26-39-28)13-16-36(43)42(27-31-11-14-32(15-12-31)33-17-21-38-22-18-33)35(25-29-7-5-4-6-8-29)37(44)41-23-19-34(20-24-41)40(2)3/h4-18,21-22,26,34-35H,19-20,23-25,27H2,1-3H3/t35-/m0/s1. The van der Waals surface area contributed by atoms with E-state index < -0.39 is 6.04 Å². The van der Waals surface area contributed by atoms with Gasteiger partial charge in [0.05, 0.1) is 0 Å². The van der Waals surface area contributed by atoms with E-state index >= 15 is 0 Å². The van der Waals surface area contributed by atoms with Crippen LogP contribution in [0.5, 0.6) is 0 Å². The summed E-state index contributed by atoms with van der Waals surface area (Å²) in [5.74, 6) is -0.209. The molecule has 1 atom stereocenters. The Hall–Kier alpha value is -4.62. The molecule has 0 radical (unpaired) electrons. The number of carbonyl (C=O) groups excluding carboxylic acids is 2. The van der Waals surface area contributed by atoms with E-state index in [1.807, 2.05) is 78.6 Å². The lowest BCUT2D eigenvalue weighted by Gasteiger charge is -2.39. The number of rotatable bonds is 10. The zero-order valence-electron chi connectivity index (χ0n) is 25.8. The second kappa shape index (κ2) is 14.7. The summed E-state index contributed by atoms with van der Waals surface area (Å²) in [5, 5.41) is 0. The first-order valence-corrected chi connectivity index (χ1v) is 15.3. The van der Waals surface area contributed by atoms with Gasteiger partial charge in [0.15, 0.2) is 0 Å². The van der Waals surface area contributed by atoms with Crippen molar-refractivity contribution in [2.24, 2.45) is 0 Å². The van der Waals surface area contributed by atoms with Crippen molar-refractivity contribution in [3.63, 3.8) is 0 Å². The maximum Gasteiger partial charge on any atom is 0.247 e. The Balaban J connectivity index is 1.46. The smallest absolute Gasteiger partial charge is 0.247 e. The van der Waals surface area contributed by atoms with Crippen LogP contribution in [0.2, 0.25) is 0 Å². The lowest BCUT2D eigenvalue weighted by Crippen LogP contribution is -2.54. The van der Waals surface area contributed by atoms with Gasteiger partial charge in [0.2, 0.25) is 11.8 Å². The van der Waals surface area contributed by atoms with Crippen LogP contribution in [0.25, 0.3) is 17.2 Å². The lowest BCUT2D eigenvalue weighted by molar-refractivity contribution is -0.145. The van der Waals surface area contributed by atoms with Crippen molar-refractivity contribution < 1.29 is 9.59 Å². The molecule has 7 nitrogen and oxygen atoms in total. The highest BCUT2D eigenvalue weighted by molar-refractivity contribution is 5.95. The number of hydrogen-bond donors (Lipinski definition) is 0. The molecule has 1 aliphatic rings. The van der Waals surface area contributed by atoms with Crippen molar-refractivity contribution in [3.05, 3.63) is 126 Å². The number of benzene rings is 2. The van der Waals surface area contributed by atoms with Crippen LogP contribution in [-0.4, -0.2) is 75.8 Å². The van der Waals surface area contributed by atoms with Gasteiger partial charge in [0, 0.05) is 62.5 Å². The first-order valence-electron chi connectivity index (χ1n) is 15.3. The molecule has 7 heteroatoms. The number of aryl methyl sites for hydroxylation is 1. The Morgan fingerprint density at radius 2 is 1.57 bits per heavy atom. The van der Waals surface area contributed by atoms with Crippen LogP contribution < -0.4 is 0 Å². The number of nitrogens with zero attached hydrogens (tertiary/aromatic N) is 5. The molecule has 0 N–H and O–H groups in total. The third kappa shape index (κ3) is 8.05. The van der Waals surface area contributed by atoms with Gasteiger partial charge in [-0.15, -0.1) is 0 Å². The van der Waals surface area contributed by atoms with Gasteiger partial charge < -0.3 is 14.7 Å². The molecule has 2 amide bonds. The van der Waals surface area contributed by atoms with Gasteiger partial charge >= 0.3 is 0 Å². The van der Waals surface area contributed by atoms with Crippen molar-refractivity contribution in [1.29, 1.82) is 0 Å². The average Bonchev–Trinajstić information content (AvgIpc) is 3.07. The molecule has 5 rings (SSSR count). The molecule has 1 fully saturated rings. The van der Waals surface area contributed by atoms with Gasteiger partial charge in [0.1, 0.15) is 6.04 Å². The monoisotopic (exact) mass is 587 g/mol. The zero-order chi connectivity index (χ0) is 30.9. The molecule has 0 bridgehead atoms. The minimum Gasteiger partial charge on any atom is -0.341 e. The van der Waals surface area contributed by atoms with Crippen LogP contribution in [0, 0.1) is 6.92 Å². The van der Waals surface area contributed by atoms with Gasteiger partial charge in [-0.25, -0.2) is 0 Å². The number of amides is 2. The van der Waals surface area contributed by atoms with Crippen molar-refractivity contribution in [2.45, 2.75) is 44.8 Å². The van der Waals surface area contributed by atoms with Crippen molar-refractivity contribution in [1.82, 2.24) is 24.7 Å². The SMILES string of the molecule is Cc1ccc(C=CC(=O)N(Cc2ccc(-c3ccncc3)cc2)[C@@H](Cc2ccccc2)C(=O)N2CCC(N(C)C)CC2)cn1. The van der Waals surface area contributed by atoms with E-state index in [1.54, 1.807) is 35.6 Å². The Morgan fingerprint density at radius 1 is 0.886 bits per heavy atom. The predicted molar refractivity (Wildman–Crippen MR) is 175 cm³/mol. The summed E-state index contributed by atoms with van der Waals surface area (Å²) in [4.78, 5) is 42.8. The molecule has 1 saturated heterocycles. The molecule has 4 aromatic rings. The quantitative estimate of drug-likeness (QED) is 0.224. The molecule has 1 aliphatic heterocycles. The van der Waals surface area contributed by atoms with Crippen LogP contribution >= 0.6 is 0 Å². The second-order valence-electron chi connectivity index (χ2n) is 11.7. The van der Waals surface area contributed by atoms with E-state index in [9.17, 15) is 9.59 Å². The minimum atomic E-state index is -0.651. The fourth-order valence-corrected chi connectivity index (χ4v) is 5.71. The number of hydrogen-bond acceptors (Lipinski definition) is 5. The summed E-state index contributed by atoms with van der Waals surface area (Å²) in [5.41, 5.74) is 5.87. The average molecular weight is 588 g/mol. The molecule has 0 aliphatic carbocycles. The number of aromatic nitrogens is 2. The number of piperidine rings is 1. The first kappa shape index (κ1) is 30.8. The third-order valence-corrected chi connectivity index (χ3v) is 8.40. The van der Waals surface area contributed by atoms with E-state index in [2.05, 4.69) is 41.1 Å². The topological polar surface area (TPSA) is 69.6 Å². The molecule has 226 valence electrons. The van der Waals surface area contributed by atoms with Gasteiger partial charge in [-0.3, -0.25) is 19.6 Å². The maximum absolute atomic E-state index is 14.3. The summed E-state index contributed by atoms with van der Waals surface area (Å²) in [6.07, 6.45) is 10.9. The van der Waals surface area contributed by atoms with Crippen molar-refractivity contribution >= 4 is 17.9 Å². The summed E-state index contributed by atoms with van der Waals surface area (Å²) in [7, 11) is 4.19. The number of carbonyl (C=O) groups is 2. The molecule has 0 unspecified atom stereocenters. The van der Waals surface area contributed by atoms with E-state index in [4.69, 9.17) is 0 Å². The van der Waals surface area contributed by atoms with Crippen LogP contribution in [0.3, 0.4) is 0 Å². The summed E-state index contributed by atoms with van der Waals surface area (Å²) >= 11 is 0. The van der Waals surface area contributed by atoms with E-state index in [-0.39, 0.29) is 11.8 Å². The van der Waals surface area contributed by atoms with Crippen molar-refractivity contribution in [3.8, 4) is 11.1 Å². The van der Waals surface area contributed by atoms with Crippen LogP contribution in [0.1, 0.15) is 35.2 Å². The van der Waals surface area contributed by atoms with Gasteiger partial charge in [-0.05, 0) is 86.0 Å². The highest BCUT2D eigenvalue weighted by atomic mass is 16.2. The van der Waals surface area contributed by atoms with E-state index in [1.165, 1.54) is 0 Å². The summed E-state index contributed by atoms with van der Waals surface area (Å²) < 4.78 is 0. The van der Waals surface area contributed by atoms with Gasteiger partial charge in [0.25, 0.3) is 0 Å². The van der Waals surface area contributed by atoms with Crippen molar-refractivity contribution in [2.75, 3.05) is 27.2 Å². The highest BCUT2D eigenvalue weighted by Gasteiger charge is 2.34. The van der Waals surface area contributed by atoms with Gasteiger partial charge in [-0.2, -0.15) is 0 Å².